The molecule has 0 aromatic heterocycles. The summed E-state index contributed by atoms with van der Waals surface area (Å²) in [5, 5.41) is 0. The van der Waals surface area contributed by atoms with E-state index in [9.17, 15) is 4.79 Å². The van der Waals surface area contributed by atoms with E-state index < -0.39 is 0 Å². The van der Waals surface area contributed by atoms with Gasteiger partial charge in [-0.25, -0.2) is 4.79 Å². The molecule has 3 rings (SSSR count). The molecule has 0 amide bonds. The number of fused-ring (bicyclic) bond motifs is 1. The minimum absolute atomic E-state index is 0. The van der Waals surface area contributed by atoms with Crippen molar-refractivity contribution < 1.29 is 19.0 Å². The van der Waals surface area contributed by atoms with Gasteiger partial charge in [-0.2, -0.15) is 0 Å². The summed E-state index contributed by atoms with van der Waals surface area (Å²) in [5.74, 6) is 1.28. The maximum Gasteiger partial charge on any atom is 0.333 e. The van der Waals surface area contributed by atoms with Crippen LogP contribution in [0.1, 0.15) is 54.4 Å². The first-order chi connectivity index (χ1) is 11.3. The van der Waals surface area contributed by atoms with Crippen LogP contribution in [0.15, 0.2) is 23.8 Å². The van der Waals surface area contributed by atoms with Crippen molar-refractivity contribution in [3.8, 4) is 0 Å². The molecule has 3 aliphatic carbocycles. The van der Waals surface area contributed by atoms with E-state index in [2.05, 4.69) is 26.5 Å². The maximum absolute atomic E-state index is 11.2. The summed E-state index contributed by atoms with van der Waals surface area (Å²) in [7, 11) is 0. The lowest BCUT2D eigenvalue weighted by molar-refractivity contribution is -0.141. The highest BCUT2D eigenvalue weighted by Gasteiger charge is 2.50. The van der Waals surface area contributed by atoms with Crippen molar-refractivity contribution in [3.05, 3.63) is 23.8 Å². The fraction of sp³-hybridized carbons (Fsp3) is 0.762. The van der Waals surface area contributed by atoms with Gasteiger partial charge in [0.2, 0.25) is 0 Å². The van der Waals surface area contributed by atoms with Gasteiger partial charge in [-0.3, -0.25) is 0 Å². The summed E-state index contributed by atoms with van der Waals surface area (Å²) in [4.78, 5) is 11.2. The van der Waals surface area contributed by atoms with Crippen LogP contribution in [-0.4, -0.2) is 38.5 Å². The van der Waals surface area contributed by atoms with Gasteiger partial charge in [0, 0.05) is 5.57 Å². The summed E-state index contributed by atoms with van der Waals surface area (Å²) in [6.45, 7) is 13.9. The van der Waals surface area contributed by atoms with Crippen LogP contribution in [0.25, 0.3) is 0 Å². The second-order valence-electron chi connectivity index (χ2n) is 7.74. The lowest BCUT2D eigenvalue weighted by atomic mass is 9.48. The van der Waals surface area contributed by atoms with Crippen molar-refractivity contribution in [2.24, 2.45) is 17.3 Å². The van der Waals surface area contributed by atoms with Crippen LogP contribution in [0.3, 0.4) is 0 Å². The van der Waals surface area contributed by atoms with E-state index in [4.69, 9.17) is 14.2 Å². The Kier molecular flexibility index (Phi) is 8.36. The van der Waals surface area contributed by atoms with E-state index >= 15 is 0 Å². The number of ether oxygens (including phenoxy) is 3. The Balaban J connectivity index is 0.00000312. The van der Waals surface area contributed by atoms with Gasteiger partial charge in [-0.15, -0.1) is 0 Å². The van der Waals surface area contributed by atoms with Gasteiger partial charge in [-0.1, -0.05) is 39.5 Å². The van der Waals surface area contributed by atoms with E-state index in [0.29, 0.717) is 24.2 Å². The van der Waals surface area contributed by atoms with Crippen molar-refractivity contribution in [1.82, 2.24) is 0 Å². The fourth-order valence-corrected chi connectivity index (χ4v) is 3.75. The summed E-state index contributed by atoms with van der Waals surface area (Å²) in [5.41, 5.74) is 2.48. The van der Waals surface area contributed by atoms with E-state index in [1.54, 1.807) is 12.5 Å². The monoisotopic (exact) mass is 352 g/mol. The molecule has 0 spiro atoms. The first-order valence-electron chi connectivity index (χ1n) is 9.03. The van der Waals surface area contributed by atoms with Gasteiger partial charge in [0.25, 0.3) is 0 Å². The molecule has 0 N–H and O–H groups in total. The molecular weight excluding hydrogens is 316 g/mol. The molecule has 1 saturated carbocycles. The van der Waals surface area contributed by atoms with Crippen LogP contribution < -0.4 is 0 Å². The number of carbonyl (C=O) groups excluding carboxylic acids is 1. The van der Waals surface area contributed by atoms with E-state index in [1.807, 2.05) is 6.92 Å². The Labute approximate surface area is 153 Å². The summed E-state index contributed by atoms with van der Waals surface area (Å²) in [6.07, 6.45) is 6.06. The molecule has 3 aliphatic rings. The molecule has 4 heteroatoms. The van der Waals surface area contributed by atoms with E-state index in [0.717, 1.165) is 24.9 Å². The number of allylic oxidation sites excluding steroid dienone is 1. The molecular formula is C21H36O4. The zero-order valence-corrected chi connectivity index (χ0v) is 15.6. The maximum atomic E-state index is 11.2. The second kappa shape index (κ2) is 9.54. The zero-order chi connectivity index (χ0) is 17.7. The van der Waals surface area contributed by atoms with Crippen molar-refractivity contribution in [2.45, 2.75) is 60.5 Å². The fourth-order valence-electron chi connectivity index (χ4n) is 3.75. The number of esters is 1. The van der Waals surface area contributed by atoms with Crippen LogP contribution in [0.4, 0.5) is 0 Å². The van der Waals surface area contributed by atoms with Crippen LogP contribution in [0, 0.1) is 17.3 Å². The Morgan fingerprint density at radius 2 is 2.08 bits per heavy atom. The van der Waals surface area contributed by atoms with E-state index in [-0.39, 0.29) is 26.1 Å². The van der Waals surface area contributed by atoms with Crippen LogP contribution in [0.2, 0.25) is 0 Å². The van der Waals surface area contributed by atoms with Crippen molar-refractivity contribution in [3.63, 3.8) is 0 Å². The van der Waals surface area contributed by atoms with Crippen molar-refractivity contribution in [2.75, 3.05) is 26.4 Å². The third-order valence-electron chi connectivity index (χ3n) is 5.54. The standard InChI is InChI=1S/C20H32O4.CH4/c1-14(2)19(21)24-11-10-23-15(3)13-22-9-8-16-6-7-17-12-18(16)20(17,4)5;/h6,15,17-18H,1,7-13H2,2-5H3;1H4. The first kappa shape index (κ1) is 21.9. The molecule has 3 unspecified atom stereocenters. The normalized spacial score (nSPS) is 24.4. The average molecular weight is 353 g/mol. The Morgan fingerprint density at radius 1 is 1.36 bits per heavy atom. The van der Waals surface area contributed by atoms with Crippen molar-refractivity contribution in [1.29, 1.82) is 0 Å². The third-order valence-corrected chi connectivity index (χ3v) is 5.54. The van der Waals surface area contributed by atoms with Gasteiger partial charge in [-0.05, 0) is 50.4 Å². The highest BCUT2D eigenvalue weighted by molar-refractivity contribution is 5.86. The Bertz CT molecular complexity index is 492. The van der Waals surface area contributed by atoms with Crippen LogP contribution in [-0.2, 0) is 19.0 Å². The number of carbonyl (C=O) groups is 1. The minimum atomic E-state index is -0.371. The molecule has 4 nitrogen and oxygen atoms in total. The predicted molar refractivity (Wildman–Crippen MR) is 101 cm³/mol. The highest BCUT2D eigenvalue weighted by atomic mass is 16.6. The highest BCUT2D eigenvalue weighted by Crippen LogP contribution is 2.59. The summed E-state index contributed by atoms with van der Waals surface area (Å²) >= 11 is 0. The Morgan fingerprint density at radius 3 is 2.68 bits per heavy atom. The molecule has 0 aromatic rings. The Hall–Kier alpha value is -1.13. The lowest BCUT2D eigenvalue weighted by Crippen LogP contribution is -2.48. The smallest absolute Gasteiger partial charge is 0.333 e. The molecule has 3 atom stereocenters. The van der Waals surface area contributed by atoms with Gasteiger partial charge in [0.1, 0.15) is 6.61 Å². The molecule has 0 heterocycles. The van der Waals surface area contributed by atoms with Crippen LogP contribution in [0.5, 0.6) is 0 Å². The SMILES string of the molecule is C.C=C(C)C(=O)OCCOC(C)COCCC1=CCC2CC1C2(C)C. The van der Waals surface area contributed by atoms with Crippen molar-refractivity contribution >= 4 is 5.97 Å². The summed E-state index contributed by atoms with van der Waals surface area (Å²) in [6, 6.07) is 0. The quantitative estimate of drug-likeness (QED) is 0.250. The average Bonchev–Trinajstić information content (AvgIpc) is 2.55. The number of hydrogen-bond donors (Lipinski definition) is 0. The molecule has 144 valence electrons. The topological polar surface area (TPSA) is 44.8 Å². The van der Waals surface area contributed by atoms with Gasteiger partial charge < -0.3 is 14.2 Å². The summed E-state index contributed by atoms with van der Waals surface area (Å²) < 4.78 is 16.3. The molecule has 0 aliphatic heterocycles. The molecule has 0 radical (unpaired) electrons. The largest absolute Gasteiger partial charge is 0.460 e. The second-order valence-corrected chi connectivity index (χ2v) is 7.74. The molecule has 25 heavy (non-hydrogen) atoms. The third kappa shape index (κ3) is 5.68. The molecule has 0 saturated heterocycles. The van der Waals surface area contributed by atoms with Crippen LogP contribution >= 0.6 is 0 Å². The van der Waals surface area contributed by atoms with Gasteiger partial charge >= 0.3 is 5.97 Å². The molecule has 2 bridgehead atoms. The van der Waals surface area contributed by atoms with Gasteiger partial charge in [0.15, 0.2) is 0 Å². The van der Waals surface area contributed by atoms with Gasteiger partial charge in [0.05, 0.1) is 25.9 Å². The number of rotatable bonds is 10. The molecule has 1 fully saturated rings. The first-order valence-corrected chi connectivity index (χ1v) is 9.03. The molecule has 0 aromatic carbocycles. The number of hydrogen-bond acceptors (Lipinski definition) is 4. The van der Waals surface area contributed by atoms with E-state index in [1.165, 1.54) is 12.8 Å². The lowest BCUT2D eigenvalue weighted by Gasteiger charge is -2.56. The predicted octanol–water partition coefficient (Wildman–Crippen LogP) is 4.55. The zero-order valence-electron chi connectivity index (χ0n) is 15.6. The minimum Gasteiger partial charge on any atom is -0.460 e.